The first-order valence-electron chi connectivity index (χ1n) is 9.74. The Morgan fingerprint density at radius 3 is 2.43 bits per heavy atom. The molecule has 3 aromatic rings. The standard InChI is InChI=1S/C23H26N2O3/c1-5-22-24-20-14-18(16(4)26)9-12-21(20)25(22)19-10-7-17(8-11-19)13-15(3)28-23(27)6-2/h7-12,14-15H,5-6,13H2,1-4H3/t15-/m1/s1. The molecule has 0 aliphatic heterocycles. The first-order valence-corrected chi connectivity index (χ1v) is 9.74. The molecule has 0 amide bonds. The van der Waals surface area contributed by atoms with Gasteiger partial charge in [0.15, 0.2) is 5.78 Å². The Kier molecular flexibility index (Phi) is 5.93. The van der Waals surface area contributed by atoms with Crippen molar-refractivity contribution in [2.45, 2.75) is 53.1 Å². The van der Waals surface area contributed by atoms with Crippen molar-refractivity contribution in [1.82, 2.24) is 9.55 Å². The van der Waals surface area contributed by atoms with Gasteiger partial charge in [0, 0.05) is 30.5 Å². The van der Waals surface area contributed by atoms with Crippen molar-refractivity contribution in [2.24, 2.45) is 0 Å². The second-order valence-electron chi connectivity index (χ2n) is 7.00. The Morgan fingerprint density at radius 1 is 1.11 bits per heavy atom. The molecule has 0 aliphatic rings. The SMILES string of the molecule is CCC(=O)O[C@H](C)Cc1ccc(-n2c(CC)nc3cc(C(C)=O)ccc32)cc1. The summed E-state index contributed by atoms with van der Waals surface area (Å²) >= 11 is 0. The summed E-state index contributed by atoms with van der Waals surface area (Å²) in [6, 6.07) is 13.9. The number of hydrogen-bond donors (Lipinski definition) is 0. The highest BCUT2D eigenvalue weighted by atomic mass is 16.5. The van der Waals surface area contributed by atoms with Crippen LogP contribution < -0.4 is 0 Å². The van der Waals surface area contributed by atoms with Gasteiger partial charge < -0.3 is 4.74 Å². The van der Waals surface area contributed by atoms with Gasteiger partial charge in [0.25, 0.3) is 0 Å². The monoisotopic (exact) mass is 378 g/mol. The van der Waals surface area contributed by atoms with E-state index in [0.29, 0.717) is 18.4 Å². The Labute approximate surface area is 165 Å². The molecule has 0 N–H and O–H groups in total. The van der Waals surface area contributed by atoms with Crippen LogP contribution in [0.1, 0.15) is 55.9 Å². The van der Waals surface area contributed by atoms with Crippen LogP contribution in [0.25, 0.3) is 16.7 Å². The van der Waals surface area contributed by atoms with E-state index in [0.717, 1.165) is 34.5 Å². The van der Waals surface area contributed by atoms with E-state index in [1.807, 2.05) is 25.1 Å². The van der Waals surface area contributed by atoms with Crippen molar-refractivity contribution in [3.8, 4) is 5.69 Å². The lowest BCUT2D eigenvalue weighted by Crippen LogP contribution is -2.16. The number of ketones is 1. The number of carbonyl (C=O) groups excluding carboxylic acids is 2. The number of carbonyl (C=O) groups is 2. The molecule has 1 aromatic heterocycles. The third-order valence-corrected chi connectivity index (χ3v) is 4.79. The lowest BCUT2D eigenvalue weighted by molar-refractivity contribution is -0.147. The second kappa shape index (κ2) is 8.38. The fraction of sp³-hybridized carbons (Fsp3) is 0.348. The van der Waals surface area contributed by atoms with Crippen molar-refractivity contribution >= 4 is 22.8 Å². The molecule has 2 aromatic carbocycles. The Morgan fingerprint density at radius 2 is 1.82 bits per heavy atom. The Bertz CT molecular complexity index is 1000. The minimum atomic E-state index is -0.175. The number of hydrogen-bond acceptors (Lipinski definition) is 4. The summed E-state index contributed by atoms with van der Waals surface area (Å²) in [5.74, 6) is 0.817. The molecule has 0 fully saturated rings. The summed E-state index contributed by atoms with van der Waals surface area (Å²) in [5.41, 5.74) is 4.62. The van der Waals surface area contributed by atoms with Crippen molar-refractivity contribution in [3.63, 3.8) is 0 Å². The van der Waals surface area contributed by atoms with Gasteiger partial charge in [-0.1, -0.05) is 26.0 Å². The molecule has 0 aliphatic carbocycles. The van der Waals surface area contributed by atoms with Crippen LogP contribution in [0.3, 0.4) is 0 Å². The lowest BCUT2D eigenvalue weighted by atomic mass is 10.1. The van der Waals surface area contributed by atoms with Crippen molar-refractivity contribution in [2.75, 3.05) is 0 Å². The largest absolute Gasteiger partial charge is 0.462 e. The molecule has 1 heterocycles. The average molecular weight is 378 g/mol. The minimum Gasteiger partial charge on any atom is -0.462 e. The molecule has 0 saturated heterocycles. The van der Waals surface area contributed by atoms with Gasteiger partial charge in [0.2, 0.25) is 0 Å². The number of imidazole rings is 1. The molecule has 146 valence electrons. The highest BCUT2D eigenvalue weighted by Gasteiger charge is 2.14. The Balaban J connectivity index is 1.90. The molecule has 0 spiro atoms. The van der Waals surface area contributed by atoms with E-state index < -0.39 is 0 Å². The van der Waals surface area contributed by atoms with Crippen LogP contribution >= 0.6 is 0 Å². The fourth-order valence-electron chi connectivity index (χ4n) is 3.34. The summed E-state index contributed by atoms with van der Waals surface area (Å²) in [5, 5.41) is 0. The van der Waals surface area contributed by atoms with E-state index in [4.69, 9.17) is 9.72 Å². The summed E-state index contributed by atoms with van der Waals surface area (Å²) in [6.45, 7) is 7.34. The highest BCUT2D eigenvalue weighted by Crippen LogP contribution is 2.24. The summed E-state index contributed by atoms with van der Waals surface area (Å²) < 4.78 is 7.48. The van der Waals surface area contributed by atoms with Crippen molar-refractivity contribution < 1.29 is 14.3 Å². The van der Waals surface area contributed by atoms with Gasteiger partial charge in [-0.25, -0.2) is 4.98 Å². The maximum atomic E-state index is 11.7. The van der Waals surface area contributed by atoms with Crippen molar-refractivity contribution in [1.29, 1.82) is 0 Å². The first kappa shape index (κ1) is 19.8. The van der Waals surface area contributed by atoms with Crippen LogP contribution in [0.2, 0.25) is 0 Å². The van der Waals surface area contributed by atoms with Crippen LogP contribution in [0.5, 0.6) is 0 Å². The molecular formula is C23H26N2O3. The number of rotatable bonds is 7. The van der Waals surface area contributed by atoms with Gasteiger partial charge >= 0.3 is 5.97 Å². The maximum Gasteiger partial charge on any atom is 0.305 e. The van der Waals surface area contributed by atoms with Gasteiger partial charge in [-0.2, -0.15) is 0 Å². The summed E-state index contributed by atoms with van der Waals surface area (Å²) in [4.78, 5) is 27.8. The third-order valence-electron chi connectivity index (χ3n) is 4.79. The number of esters is 1. The lowest BCUT2D eigenvalue weighted by Gasteiger charge is -2.14. The van der Waals surface area contributed by atoms with Crippen LogP contribution in [-0.4, -0.2) is 27.4 Å². The molecule has 0 unspecified atom stereocenters. The number of aryl methyl sites for hydroxylation is 1. The van der Waals surface area contributed by atoms with Crippen LogP contribution in [0.4, 0.5) is 0 Å². The smallest absolute Gasteiger partial charge is 0.305 e. The summed E-state index contributed by atoms with van der Waals surface area (Å²) in [6.07, 6.45) is 1.71. The van der Waals surface area contributed by atoms with Gasteiger partial charge in [-0.15, -0.1) is 0 Å². The van der Waals surface area contributed by atoms with E-state index >= 15 is 0 Å². The first-order chi connectivity index (χ1) is 13.4. The van der Waals surface area contributed by atoms with Gasteiger partial charge in [-0.3, -0.25) is 14.2 Å². The quantitative estimate of drug-likeness (QED) is 0.443. The minimum absolute atomic E-state index is 0.0387. The van der Waals surface area contributed by atoms with Gasteiger partial charge in [0.05, 0.1) is 11.0 Å². The highest BCUT2D eigenvalue weighted by molar-refractivity contribution is 5.97. The molecule has 28 heavy (non-hydrogen) atoms. The fourth-order valence-corrected chi connectivity index (χ4v) is 3.34. The molecule has 3 rings (SSSR count). The average Bonchev–Trinajstić information content (AvgIpc) is 3.06. The van der Waals surface area contributed by atoms with Gasteiger partial charge in [0.1, 0.15) is 11.9 Å². The Hall–Kier alpha value is -2.95. The van der Waals surface area contributed by atoms with E-state index in [-0.39, 0.29) is 17.9 Å². The second-order valence-corrected chi connectivity index (χ2v) is 7.00. The van der Waals surface area contributed by atoms with Crippen LogP contribution in [-0.2, 0) is 22.4 Å². The molecule has 1 atom stereocenters. The zero-order valence-electron chi connectivity index (χ0n) is 16.9. The van der Waals surface area contributed by atoms with Gasteiger partial charge in [-0.05, 0) is 49.7 Å². The number of aromatic nitrogens is 2. The van der Waals surface area contributed by atoms with Crippen LogP contribution in [0, 0.1) is 0 Å². The van der Waals surface area contributed by atoms with E-state index in [1.165, 1.54) is 0 Å². The predicted molar refractivity (Wildman–Crippen MR) is 110 cm³/mol. The normalized spacial score (nSPS) is 12.1. The van der Waals surface area contributed by atoms with E-state index in [2.05, 4.69) is 35.8 Å². The molecule has 5 heteroatoms. The molecule has 0 saturated carbocycles. The molecule has 0 radical (unpaired) electrons. The molecular weight excluding hydrogens is 352 g/mol. The molecule has 0 bridgehead atoms. The number of benzene rings is 2. The van der Waals surface area contributed by atoms with Crippen molar-refractivity contribution in [3.05, 3.63) is 59.4 Å². The van der Waals surface area contributed by atoms with Crippen LogP contribution in [0.15, 0.2) is 42.5 Å². The third kappa shape index (κ3) is 4.14. The zero-order chi connectivity index (χ0) is 20.3. The number of Topliss-reactive ketones (excluding diaryl/α,β-unsaturated/α-hetero) is 1. The zero-order valence-corrected chi connectivity index (χ0v) is 16.9. The number of ether oxygens (including phenoxy) is 1. The summed E-state index contributed by atoms with van der Waals surface area (Å²) in [7, 11) is 0. The maximum absolute atomic E-state index is 11.7. The topological polar surface area (TPSA) is 61.2 Å². The predicted octanol–water partition coefficient (Wildman–Crippen LogP) is 4.67. The van der Waals surface area contributed by atoms with E-state index in [1.54, 1.807) is 13.8 Å². The van der Waals surface area contributed by atoms with E-state index in [9.17, 15) is 9.59 Å². The number of fused-ring (bicyclic) bond motifs is 1. The number of nitrogens with zero attached hydrogens (tertiary/aromatic N) is 2. The molecule has 5 nitrogen and oxygen atoms in total.